The monoisotopic (exact) mass is 426 g/mol. The zero-order chi connectivity index (χ0) is 20.8. The Morgan fingerprint density at radius 3 is 2.80 bits per heavy atom. The quantitative estimate of drug-likeness (QED) is 0.587. The molecule has 0 saturated carbocycles. The highest BCUT2D eigenvalue weighted by Crippen LogP contribution is 2.24. The van der Waals surface area contributed by atoms with Crippen molar-refractivity contribution in [2.45, 2.75) is 26.3 Å². The van der Waals surface area contributed by atoms with E-state index in [1.807, 2.05) is 23.2 Å². The van der Waals surface area contributed by atoms with Crippen molar-refractivity contribution < 1.29 is 4.79 Å². The molecule has 1 amide bonds. The standard InChI is InChI=1S/C22H30N6OS/c1-2-23-22(27-14-12-26(13-15-27)20-5-3-4-9-24-20)25-10-6-21(29)28-11-7-19-18(17-28)8-16-30-19/h3-5,8-9,16H,2,6-7,10-15,17H2,1H3,(H,23,25). The molecule has 0 bridgehead atoms. The normalized spacial score (nSPS) is 17.1. The number of guanidine groups is 1. The maximum Gasteiger partial charge on any atom is 0.224 e. The SMILES string of the molecule is CCNC(=NCCC(=O)N1CCc2sccc2C1)N1CCN(c2ccccn2)CC1. The van der Waals surface area contributed by atoms with E-state index in [1.165, 1.54) is 10.4 Å². The van der Waals surface area contributed by atoms with E-state index in [1.54, 1.807) is 11.3 Å². The molecular weight excluding hydrogens is 396 g/mol. The molecule has 0 atom stereocenters. The van der Waals surface area contributed by atoms with Crippen LogP contribution < -0.4 is 10.2 Å². The second kappa shape index (κ2) is 9.93. The molecule has 0 radical (unpaired) electrons. The van der Waals surface area contributed by atoms with Crippen molar-refractivity contribution in [1.82, 2.24) is 20.1 Å². The van der Waals surface area contributed by atoms with Crippen LogP contribution in [-0.4, -0.2) is 72.5 Å². The van der Waals surface area contributed by atoms with E-state index >= 15 is 0 Å². The number of nitrogens with zero attached hydrogens (tertiary/aromatic N) is 5. The van der Waals surface area contributed by atoms with Crippen molar-refractivity contribution in [3.05, 3.63) is 46.3 Å². The molecule has 1 saturated heterocycles. The van der Waals surface area contributed by atoms with Crippen LogP contribution in [0, 0.1) is 0 Å². The molecule has 2 aromatic rings. The Morgan fingerprint density at radius 2 is 2.03 bits per heavy atom. The van der Waals surface area contributed by atoms with Gasteiger partial charge in [-0.25, -0.2) is 4.98 Å². The number of aliphatic imine (C=N–C) groups is 1. The Morgan fingerprint density at radius 1 is 1.17 bits per heavy atom. The predicted octanol–water partition coefficient (Wildman–Crippen LogP) is 2.21. The van der Waals surface area contributed by atoms with Gasteiger partial charge in [0.2, 0.25) is 5.91 Å². The van der Waals surface area contributed by atoms with Crippen molar-refractivity contribution >= 4 is 29.0 Å². The predicted molar refractivity (Wildman–Crippen MR) is 122 cm³/mol. The van der Waals surface area contributed by atoms with E-state index in [2.05, 4.69) is 44.5 Å². The Balaban J connectivity index is 1.28. The van der Waals surface area contributed by atoms with Crippen molar-refractivity contribution in [3.8, 4) is 0 Å². The number of carbonyl (C=O) groups excluding carboxylic acids is 1. The van der Waals surface area contributed by atoms with Gasteiger partial charge in [-0.2, -0.15) is 0 Å². The van der Waals surface area contributed by atoms with Gasteiger partial charge < -0.3 is 20.0 Å². The van der Waals surface area contributed by atoms with Crippen LogP contribution in [0.2, 0.25) is 0 Å². The number of piperazine rings is 1. The van der Waals surface area contributed by atoms with E-state index < -0.39 is 0 Å². The first-order valence-electron chi connectivity index (χ1n) is 10.8. The summed E-state index contributed by atoms with van der Waals surface area (Å²) < 4.78 is 0. The fourth-order valence-corrected chi connectivity index (χ4v) is 4.88. The summed E-state index contributed by atoms with van der Waals surface area (Å²) in [6.45, 7) is 8.61. The Hall–Kier alpha value is -2.61. The second-order valence-electron chi connectivity index (χ2n) is 7.58. The fraction of sp³-hybridized carbons (Fsp3) is 0.500. The van der Waals surface area contributed by atoms with E-state index in [0.717, 1.165) is 64.0 Å². The molecule has 2 aliphatic rings. The van der Waals surface area contributed by atoms with Crippen LogP contribution in [0.15, 0.2) is 40.8 Å². The molecule has 2 aromatic heterocycles. The maximum atomic E-state index is 12.7. The molecule has 8 heteroatoms. The molecule has 0 unspecified atom stereocenters. The Kier molecular flexibility index (Phi) is 6.84. The number of aromatic nitrogens is 1. The number of nitrogens with one attached hydrogen (secondary N) is 1. The molecule has 160 valence electrons. The average molecular weight is 427 g/mol. The van der Waals surface area contributed by atoms with Crippen molar-refractivity contribution in [1.29, 1.82) is 0 Å². The van der Waals surface area contributed by atoms with Gasteiger partial charge in [-0.1, -0.05) is 6.07 Å². The highest BCUT2D eigenvalue weighted by Gasteiger charge is 2.22. The zero-order valence-corrected chi connectivity index (χ0v) is 18.4. The summed E-state index contributed by atoms with van der Waals surface area (Å²) in [6, 6.07) is 8.17. The van der Waals surface area contributed by atoms with Crippen molar-refractivity contribution in [3.63, 3.8) is 0 Å². The fourth-order valence-electron chi connectivity index (χ4n) is 3.99. The molecule has 4 heterocycles. The van der Waals surface area contributed by atoms with Gasteiger partial charge in [-0.05, 0) is 42.5 Å². The molecular formula is C22H30N6OS. The van der Waals surface area contributed by atoms with Crippen LogP contribution in [0.1, 0.15) is 23.8 Å². The molecule has 0 spiro atoms. The Bertz CT molecular complexity index is 860. The Labute approximate surface area is 182 Å². The van der Waals surface area contributed by atoms with Crippen LogP contribution in [0.4, 0.5) is 5.82 Å². The number of fused-ring (bicyclic) bond motifs is 1. The van der Waals surface area contributed by atoms with Gasteiger partial charge in [0.1, 0.15) is 5.82 Å². The zero-order valence-electron chi connectivity index (χ0n) is 17.6. The number of rotatable bonds is 5. The van der Waals surface area contributed by atoms with Crippen LogP contribution >= 0.6 is 11.3 Å². The molecule has 1 N–H and O–H groups in total. The summed E-state index contributed by atoms with van der Waals surface area (Å²) in [4.78, 5) is 29.9. The summed E-state index contributed by atoms with van der Waals surface area (Å²) in [6.07, 6.45) is 3.28. The molecule has 30 heavy (non-hydrogen) atoms. The van der Waals surface area contributed by atoms with E-state index in [0.29, 0.717) is 13.0 Å². The lowest BCUT2D eigenvalue weighted by Crippen LogP contribution is -2.52. The minimum absolute atomic E-state index is 0.200. The number of pyridine rings is 1. The number of hydrogen-bond acceptors (Lipinski definition) is 5. The number of thiophene rings is 1. The summed E-state index contributed by atoms with van der Waals surface area (Å²) in [5.41, 5.74) is 1.31. The van der Waals surface area contributed by atoms with Crippen LogP contribution in [0.25, 0.3) is 0 Å². The number of carbonyl (C=O) groups is 1. The third-order valence-corrected chi connectivity index (χ3v) is 6.66. The number of hydrogen-bond donors (Lipinski definition) is 1. The third kappa shape index (κ3) is 4.92. The lowest BCUT2D eigenvalue weighted by Gasteiger charge is -2.37. The summed E-state index contributed by atoms with van der Waals surface area (Å²) in [5.74, 6) is 2.14. The van der Waals surface area contributed by atoms with Crippen molar-refractivity contribution in [2.24, 2.45) is 4.99 Å². The van der Waals surface area contributed by atoms with Gasteiger partial charge in [-0.3, -0.25) is 9.79 Å². The highest BCUT2D eigenvalue weighted by atomic mass is 32.1. The summed E-state index contributed by atoms with van der Waals surface area (Å²) in [7, 11) is 0. The second-order valence-corrected chi connectivity index (χ2v) is 8.58. The molecule has 0 aliphatic carbocycles. The third-order valence-electron chi connectivity index (χ3n) is 5.63. The first-order chi connectivity index (χ1) is 14.7. The first kappa shape index (κ1) is 20.7. The summed E-state index contributed by atoms with van der Waals surface area (Å²) >= 11 is 1.80. The van der Waals surface area contributed by atoms with E-state index in [9.17, 15) is 4.79 Å². The topological polar surface area (TPSA) is 64.1 Å². The first-order valence-corrected chi connectivity index (χ1v) is 11.6. The van der Waals surface area contributed by atoms with Gasteiger partial charge in [-0.15, -0.1) is 11.3 Å². The average Bonchev–Trinajstić information content (AvgIpc) is 3.27. The molecule has 1 fully saturated rings. The minimum atomic E-state index is 0.200. The largest absolute Gasteiger partial charge is 0.357 e. The molecule has 4 rings (SSSR count). The van der Waals surface area contributed by atoms with Crippen molar-refractivity contribution in [2.75, 3.05) is 50.7 Å². The lowest BCUT2D eigenvalue weighted by atomic mass is 10.1. The molecule has 0 aromatic carbocycles. The van der Waals surface area contributed by atoms with Crippen LogP contribution in [0.3, 0.4) is 0 Å². The van der Waals surface area contributed by atoms with Gasteiger partial charge in [0, 0.05) is 63.3 Å². The van der Waals surface area contributed by atoms with Crippen LogP contribution in [0.5, 0.6) is 0 Å². The smallest absolute Gasteiger partial charge is 0.224 e. The molecule has 7 nitrogen and oxygen atoms in total. The lowest BCUT2D eigenvalue weighted by molar-refractivity contribution is -0.131. The van der Waals surface area contributed by atoms with Gasteiger partial charge in [0.25, 0.3) is 0 Å². The van der Waals surface area contributed by atoms with Crippen LogP contribution in [-0.2, 0) is 17.8 Å². The van der Waals surface area contributed by atoms with Gasteiger partial charge in [0.05, 0.1) is 6.54 Å². The minimum Gasteiger partial charge on any atom is -0.357 e. The number of amides is 1. The van der Waals surface area contributed by atoms with Gasteiger partial charge >= 0.3 is 0 Å². The van der Waals surface area contributed by atoms with E-state index in [4.69, 9.17) is 4.99 Å². The maximum absolute atomic E-state index is 12.7. The highest BCUT2D eigenvalue weighted by molar-refractivity contribution is 7.10. The summed E-state index contributed by atoms with van der Waals surface area (Å²) in [5, 5.41) is 5.51. The molecule has 2 aliphatic heterocycles. The van der Waals surface area contributed by atoms with E-state index in [-0.39, 0.29) is 5.91 Å². The van der Waals surface area contributed by atoms with Gasteiger partial charge in [0.15, 0.2) is 5.96 Å². The number of anilines is 1.